The third kappa shape index (κ3) is 8.77. The van der Waals surface area contributed by atoms with Gasteiger partial charge < -0.3 is 25.1 Å². The third-order valence-corrected chi connectivity index (χ3v) is 5.58. The van der Waals surface area contributed by atoms with Gasteiger partial charge in [0.2, 0.25) is 0 Å². The van der Waals surface area contributed by atoms with E-state index in [2.05, 4.69) is 26.5 Å². The zero-order valence-electron chi connectivity index (χ0n) is 22.7. The molecule has 0 radical (unpaired) electrons. The lowest BCUT2D eigenvalue weighted by atomic mass is 10.1. The molecule has 1 atom stereocenters. The van der Waals surface area contributed by atoms with Crippen molar-refractivity contribution in [2.75, 3.05) is 0 Å². The summed E-state index contributed by atoms with van der Waals surface area (Å²) in [6.45, 7) is 8.21. The lowest BCUT2D eigenvalue weighted by Gasteiger charge is -2.28. The Morgan fingerprint density at radius 3 is 2.23 bits per heavy atom. The first-order valence-corrected chi connectivity index (χ1v) is 12.5. The fourth-order valence-electron chi connectivity index (χ4n) is 3.60. The molecule has 0 saturated heterocycles. The fraction of sp³-hybridized carbons (Fsp3) is 0.357. The molecule has 0 aliphatic heterocycles. The van der Waals surface area contributed by atoms with E-state index >= 15 is 0 Å². The summed E-state index contributed by atoms with van der Waals surface area (Å²) in [6.07, 6.45) is -1.07. The van der Waals surface area contributed by atoms with Crippen LogP contribution in [0.25, 0.3) is 10.9 Å². The first-order valence-electron chi connectivity index (χ1n) is 12.5. The summed E-state index contributed by atoms with van der Waals surface area (Å²) in [4.78, 5) is 53.7. The molecule has 3 aromatic rings. The minimum absolute atomic E-state index is 0.0457. The molecule has 0 saturated carbocycles. The summed E-state index contributed by atoms with van der Waals surface area (Å²) in [7, 11) is 0. The Kier molecular flexibility index (Phi) is 9.18. The second-order valence-corrected chi connectivity index (χ2v) is 10.5. The predicted molar refractivity (Wildman–Crippen MR) is 145 cm³/mol. The van der Waals surface area contributed by atoms with E-state index in [1.807, 2.05) is 54.6 Å². The number of H-pyrrole nitrogens is 1. The number of para-hydroxylation sites is 1. The Morgan fingerprint density at radius 1 is 0.872 bits per heavy atom. The van der Waals surface area contributed by atoms with Crippen LogP contribution in [0.15, 0.2) is 60.8 Å². The summed E-state index contributed by atoms with van der Waals surface area (Å²) in [5.74, 6) is -1.46. The number of aromatic nitrogens is 1. The molecule has 0 unspecified atom stereocenters. The van der Waals surface area contributed by atoms with Gasteiger partial charge in [0.25, 0.3) is 11.8 Å². The number of hydrazine groups is 1. The van der Waals surface area contributed by atoms with Crippen LogP contribution in [0, 0.1) is 0 Å². The van der Waals surface area contributed by atoms with E-state index in [0.717, 1.165) is 22.0 Å². The van der Waals surface area contributed by atoms with Gasteiger partial charge in [-0.15, -0.1) is 0 Å². The summed E-state index contributed by atoms with van der Waals surface area (Å²) in [6, 6.07) is 16.8. The molecule has 1 aromatic heterocycles. The minimum atomic E-state index is -1.42. The van der Waals surface area contributed by atoms with Crippen LogP contribution in [0.4, 0.5) is 9.59 Å². The Morgan fingerprint density at radius 2 is 1.54 bits per heavy atom. The number of aromatic amines is 1. The maximum atomic E-state index is 13.1. The molecule has 4 amide bonds. The molecule has 208 valence electrons. The average molecular weight is 538 g/mol. The van der Waals surface area contributed by atoms with Gasteiger partial charge in [0, 0.05) is 30.1 Å². The number of rotatable bonds is 8. The minimum Gasteiger partial charge on any atom is -0.444 e. The Bertz CT molecular complexity index is 1310. The van der Waals surface area contributed by atoms with Gasteiger partial charge in [-0.1, -0.05) is 48.5 Å². The maximum absolute atomic E-state index is 13.1. The molecule has 39 heavy (non-hydrogen) atoms. The Balaban J connectivity index is 1.67. The molecule has 0 aliphatic rings. The van der Waals surface area contributed by atoms with Crippen LogP contribution in [-0.4, -0.2) is 46.2 Å². The third-order valence-electron chi connectivity index (χ3n) is 5.58. The highest BCUT2D eigenvalue weighted by Gasteiger charge is 2.33. The second-order valence-electron chi connectivity index (χ2n) is 10.5. The fourth-order valence-corrected chi connectivity index (χ4v) is 3.60. The molecule has 0 aliphatic carbocycles. The summed E-state index contributed by atoms with van der Waals surface area (Å²) in [5, 5.41) is 5.97. The van der Waals surface area contributed by atoms with Crippen molar-refractivity contribution in [2.24, 2.45) is 0 Å². The van der Waals surface area contributed by atoms with Crippen molar-refractivity contribution in [3.8, 4) is 0 Å². The van der Waals surface area contributed by atoms with Crippen LogP contribution < -0.4 is 21.5 Å². The monoisotopic (exact) mass is 537 g/mol. The van der Waals surface area contributed by atoms with Gasteiger partial charge >= 0.3 is 12.2 Å². The standard InChI is InChI=1S/C28H35N5O6/c1-27(2,3)39-26(37)31-28(4,5)24(35)33-32-23(34)22(15-19-17-29-21-14-10-9-13-20(19)21)38-25(36)30-16-18-11-7-6-8-12-18/h6-14,17,22,29H,15-16H2,1-5H3,(H,30,36)(H,31,37)(H,32,34)(H,33,35)/t22-/m0/s1. The number of nitrogens with one attached hydrogen (secondary N) is 5. The smallest absolute Gasteiger partial charge is 0.408 e. The largest absolute Gasteiger partial charge is 0.444 e. The van der Waals surface area contributed by atoms with Crippen molar-refractivity contribution in [2.45, 2.75) is 64.8 Å². The van der Waals surface area contributed by atoms with Crippen molar-refractivity contribution in [3.05, 3.63) is 71.9 Å². The molecular weight excluding hydrogens is 502 g/mol. The van der Waals surface area contributed by atoms with E-state index in [1.54, 1.807) is 27.0 Å². The molecule has 2 aromatic carbocycles. The lowest BCUT2D eigenvalue weighted by Crippen LogP contribution is -2.60. The number of ether oxygens (including phenoxy) is 2. The number of carbonyl (C=O) groups is 4. The summed E-state index contributed by atoms with van der Waals surface area (Å²) in [5.41, 5.74) is 4.90. The van der Waals surface area contributed by atoms with E-state index in [0.29, 0.717) is 0 Å². The quantitative estimate of drug-likeness (QED) is 0.278. The number of hydrogen-bond donors (Lipinski definition) is 5. The number of fused-ring (bicyclic) bond motifs is 1. The lowest BCUT2D eigenvalue weighted by molar-refractivity contribution is -0.136. The van der Waals surface area contributed by atoms with Gasteiger partial charge in [-0.25, -0.2) is 9.59 Å². The highest BCUT2D eigenvalue weighted by atomic mass is 16.6. The Hall–Kier alpha value is -4.54. The van der Waals surface area contributed by atoms with Gasteiger partial charge in [0.1, 0.15) is 11.1 Å². The molecular formula is C28H35N5O6. The van der Waals surface area contributed by atoms with E-state index in [4.69, 9.17) is 9.47 Å². The van der Waals surface area contributed by atoms with Gasteiger partial charge in [-0.05, 0) is 51.8 Å². The highest BCUT2D eigenvalue weighted by Crippen LogP contribution is 2.20. The number of alkyl carbamates (subject to hydrolysis) is 2. The van der Waals surface area contributed by atoms with Crippen LogP contribution >= 0.6 is 0 Å². The van der Waals surface area contributed by atoms with Crippen LogP contribution in [-0.2, 0) is 32.0 Å². The van der Waals surface area contributed by atoms with E-state index in [9.17, 15) is 19.2 Å². The topological polar surface area (TPSA) is 151 Å². The predicted octanol–water partition coefficient (Wildman–Crippen LogP) is 3.46. The number of carbonyl (C=O) groups excluding carboxylic acids is 4. The SMILES string of the molecule is CC(C)(C)OC(=O)NC(C)(C)C(=O)NNC(=O)[C@H](Cc1c[nH]c2ccccc12)OC(=O)NCc1ccccc1. The summed E-state index contributed by atoms with van der Waals surface area (Å²) >= 11 is 0. The molecule has 11 nitrogen and oxygen atoms in total. The number of benzene rings is 2. The molecule has 3 rings (SSSR count). The zero-order valence-corrected chi connectivity index (χ0v) is 22.7. The van der Waals surface area contributed by atoms with Crippen LogP contribution in [0.2, 0.25) is 0 Å². The van der Waals surface area contributed by atoms with Gasteiger partial charge in [0.15, 0.2) is 6.10 Å². The highest BCUT2D eigenvalue weighted by molar-refractivity contribution is 5.92. The molecule has 11 heteroatoms. The van der Waals surface area contributed by atoms with Crippen molar-refractivity contribution in [3.63, 3.8) is 0 Å². The first-order chi connectivity index (χ1) is 18.3. The molecule has 0 bridgehead atoms. The van der Waals surface area contributed by atoms with E-state index < -0.39 is 41.2 Å². The van der Waals surface area contributed by atoms with Crippen molar-refractivity contribution >= 4 is 34.9 Å². The van der Waals surface area contributed by atoms with Gasteiger partial charge in [-0.3, -0.25) is 20.4 Å². The Labute approximate surface area is 227 Å². The zero-order chi connectivity index (χ0) is 28.6. The maximum Gasteiger partial charge on any atom is 0.408 e. The van der Waals surface area contributed by atoms with Crippen LogP contribution in [0.5, 0.6) is 0 Å². The molecule has 0 spiro atoms. The van der Waals surface area contributed by atoms with Crippen LogP contribution in [0.1, 0.15) is 45.7 Å². The van der Waals surface area contributed by atoms with E-state index in [1.165, 1.54) is 13.8 Å². The molecule has 0 fully saturated rings. The summed E-state index contributed by atoms with van der Waals surface area (Å²) < 4.78 is 10.7. The second kappa shape index (κ2) is 12.3. The van der Waals surface area contributed by atoms with Crippen molar-refractivity contribution in [1.82, 2.24) is 26.5 Å². The van der Waals surface area contributed by atoms with Crippen LogP contribution in [0.3, 0.4) is 0 Å². The first kappa shape index (κ1) is 29.0. The van der Waals surface area contributed by atoms with Crippen molar-refractivity contribution in [1.29, 1.82) is 0 Å². The number of amides is 4. The molecule has 5 N–H and O–H groups in total. The van der Waals surface area contributed by atoms with Crippen molar-refractivity contribution < 1.29 is 28.7 Å². The van der Waals surface area contributed by atoms with E-state index in [-0.39, 0.29) is 13.0 Å². The van der Waals surface area contributed by atoms with Gasteiger partial charge in [0.05, 0.1) is 0 Å². The van der Waals surface area contributed by atoms with Gasteiger partial charge in [-0.2, -0.15) is 0 Å². The normalized spacial score (nSPS) is 12.2. The average Bonchev–Trinajstić information content (AvgIpc) is 3.27. The molecule has 1 heterocycles. The number of hydrogen-bond acceptors (Lipinski definition) is 6.